The predicted octanol–water partition coefficient (Wildman–Crippen LogP) is 10.1. The summed E-state index contributed by atoms with van der Waals surface area (Å²) >= 11 is 9.29. The zero-order valence-corrected chi connectivity index (χ0v) is 25.0. The van der Waals surface area contributed by atoms with Crippen LogP contribution in [0.4, 0.5) is 14.8 Å². The number of hydrogen-bond donors (Lipinski definition) is 0. The molecule has 0 bridgehead atoms. The van der Waals surface area contributed by atoms with Gasteiger partial charge < -0.3 is 0 Å². The van der Waals surface area contributed by atoms with Gasteiger partial charge in [0.25, 0.3) is 0 Å². The molecular formula is C28H14F2N4S6+2. The second kappa shape index (κ2) is 8.46. The lowest BCUT2D eigenvalue weighted by atomic mass is 10.1. The number of rotatable bonds is 4. The third-order valence-corrected chi connectivity index (χ3v) is 13.1. The van der Waals surface area contributed by atoms with E-state index in [1.165, 1.54) is 45.3 Å². The van der Waals surface area contributed by atoms with Crippen LogP contribution in [0, 0.1) is 0 Å². The molecule has 194 valence electrons. The van der Waals surface area contributed by atoms with Gasteiger partial charge in [0.15, 0.2) is 0 Å². The number of nitrogens with zero attached hydrogens (tertiary/aromatic N) is 4. The van der Waals surface area contributed by atoms with Crippen molar-refractivity contribution < 1.29 is 13.6 Å². The Hall–Kier alpha value is -3.10. The molecule has 7 aromatic rings. The first-order valence-electron chi connectivity index (χ1n) is 12.1. The highest BCUT2D eigenvalue weighted by molar-refractivity contribution is 7.26. The average molecular weight is 637 g/mol. The number of fused-ring (bicyclic) bond motifs is 6. The molecule has 12 heteroatoms. The van der Waals surface area contributed by atoms with Crippen LogP contribution in [0.2, 0.25) is 0 Å². The van der Waals surface area contributed by atoms with E-state index in [0.29, 0.717) is 23.1 Å². The summed E-state index contributed by atoms with van der Waals surface area (Å²) in [5.41, 5.74) is 1.79. The van der Waals surface area contributed by atoms with Gasteiger partial charge >= 0.3 is 16.8 Å². The van der Waals surface area contributed by atoms with Gasteiger partial charge in [-0.3, -0.25) is 0 Å². The Kier molecular flexibility index (Phi) is 4.99. The molecule has 0 saturated heterocycles. The summed E-state index contributed by atoms with van der Waals surface area (Å²) in [4.78, 5) is 11.8. The molecule has 2 aliphatic heterocycles. The fraction of sp³-hybridized carbons (Fsp3) is 0. The van der Waals surface area contributed by atoms with Crippen molar-refractivity contribution in [3.05, 3.63) is 97.5 Å². The molecule has 9 heterocycles. The number of aliphatic imine (C=N–C) groups is 1. The Morgan fingerprint density at radius 1 is 0.700 bits per heavy atom. The van der Waals surface area contributed by atoms with E-state index in [0.717, 1.165) is 59.2 Å². The van der Waals surface area contributed by atoms with E-state index in [1.807, 2.05) is 70.1 Å². The third-order valence-electron chi connectivity index (χ3n) is 6.94. The van der Waals surface area contributed by atoms with Crippen molar-refractivity contribution in [1.82, 2.24) is 9.82 Å². The number of hydrogen-bond acceptors (Lipinski definition) is 7. The standard InChI is InChI=1S/C28H14F2N4S6/c29-34(30)32-23(19-7-3-11-37-19)15-13-21(17-5-1-9-35-17)39-25(15)27(32)31-28-26-16(14-22(40-26)18-6-2-10-36-18)24(33(28)34)20-8-4-12-38-20/h1-14H/q+2. The van der Waals surface area contributed by atoms with E-state index in [2.05, 4.69) is 12.1 Å². The van der Waals surface area contributed by atoms with Crippen LogP contribution in [0.5, 0.6) is 0 Å². The van der Waals surface area contributed by atoms with Crippen LogP contribution in [0.1, 0.15) is 15.3 Å². The minimum Gasteiger partial charge on any atom is -0.143 e. The fourth-order valence-electron chi connectivity index (χ4n) is 5.33. The largest absolute Gasteiger partial charge is 0.404 e. The highest BCUT2D eigenvalue weighted by Crippen LogP contribution is 2.52. The summed E-state index contributed by atoms with van der Waals surface area (Å²) < 4.78 is 37.2. The molecule has 0 N–H and O–H groups in total. The molecule has 0 atom stereocenters. The normalized spacial score (nSPS) is 15.5. The Morgan fingerprint density at radius 3 is 1.93 bits per heavy atom. The molecule has 40 heavy (non-hydrogen) atoms. The molecule has 0 radical (unpaired) electrons. The molecule has 2 aliphatic rings. The summed E-state index contributed by atoms with van der Waals surface area (Å²) in [5.74, 6) is 0.596. The van der Waals surface area contributed by atoms with Crippen LogP contribution in [-0.4, -0.2) is 20.9 Å². The molecule has 0 amide bonds. The highest BCUT2D eigenvalue weighted by atomic mass is 32.1. The number of quaternary nitrogens is 1. The molecule has 4 nitrogen and oxygen atoms in total. The van der Waals surface area contributed by atoms with Gasteiger partial charge in [0.2, 0.25) is 5.71 Å². The van der Waals surface area contributed by atoms with Crippen LogP contribution in [-0.2, 0) is 0 Å². The maximum Gasteiger partial charge on any atom is 0.404 e. The first kappa shape index (κ1) is 23.6. The van der Waals surface area contributed by atoms with E-state index in [1.54, 1.807) is 22.7 Å². The van der Waals surface area contributed by atoms with E-state index < -0.39 is 5.15 Å². The number of thiophene rings is 6. The Balaban J connectivity index is 1.38. The maximum absolute atomic E-state index is 17.1. The molecular weight excluding hydrogens is 623 g/mol. The lowest BCUT2D eigenvalue weighted by molar-refractivity contribution is -0.735. The first-order chi connectivity index (χ1) is 19.6. The highest BCUT2D eigenvalue weighted by Gasteiger charge is 2.62. The number of amidine groups is 1. The second-order valence-electron chi connectivity index (χ2n) is 9.15. The van der Waals surface area contributed by atoms with E-state index in [4.69, 9.17) is 4.99 Å². The maximum atomic E-state index is 17.1. The van der Waals surface area contributed by atoms with Crippen molar-refractivity contribution in [3.8, 4) is 30.1 Å². The van der Waals surface area contributed by atoms with E-state index >= 15 is 8.96 Å². The third kappa shape index (κ3) is 3.15. The molecule has 0 saturated carbocycles. The molecule has 0 aromatic carbocycles. The average Bonchev–Trinajstić information content (AvgIpc) is 3.80. The minimum atomic E-state index is -2.49. The van der Waals surface area contributed by atoms with Crippen molar-refractivity contribution in [1.29, 1.82) is 0 Å². The van der Waals surface area contributed by atoms with Crippen molar-refractivity contribution in [2.75, 3.05) is 0 Å². The van der Waals surface area contributed by atoms with Gasteiger partial charge in [-0.2, -0.15) is 0 Å². The van der Waals surface area contributed by atoms with Crippen LogP contribution >= 0.6 is 68.0 Å². The monoisotopic (exact) mass is 636 g/mol. The topological polar surface area (TPSA) is 20.3 Å². The van der Waals surface area contributed by atoms with Crippen molar-refractivity contribution in [3.63, 3.8) is 0 Å². The molecule has 0 unspecified atom stereocenters. The van der Waals surface area contributed by atoms with Crippen LogP contribution in [0.3, 0.4) is 0 Å². The quantitative estimate of drug-likeness (QED) is 0.135. The summed E-state index contributed by atoms with van der Waals surface area (Å²) in [6, 6.07) is 19.9. The number of aromatic nitrogens is 1. The van der Waals surface area contributed by atoms with Gasteiger partial charge in [0.05, 0.1) is 20.0 Å². The molecule has 9 rings (SSSR count). The fourth-order valence-corrected chi connectivity index (χ4v) is 10.8. The van der Waals surface area contributed by atoms with Crippen LogP contribution < -0.4 is 5.15 Å². The van der Waals surface area contributed by atoms with Gasteiger partial charge in [-0.05, 0) is 67.6 Å². The van der Waals surface area contributed by atoms with Crippen molar-refractivity contribution >= 4 is 95.5 Å². The van der Waals surface area contributed by atoms with Gasteiger partial charge in [-0.1, -0.05) is 24.3 Å². The second-order valence-corrected chi connectivity index (χ2v) is 15.0. The summed E-state index contributed by atoms with van der Waals surface area (Å²) in [6.45, 7) is 0. The van der Waals surface area contributed by atoms with E-state index in [9.17, 15) is 0 Å². The summed E-state index contributed by atoms with van der Waals surface area (Å²) in [6.07, 6.45) is 0. The van der Waals surface area contributed by atoms with Gasteiger partial charge in [0.1, 0.15) is 24.2 Å². The summed E-state index contributed by atoms with van der Waals surface area (Å²) in [7, 11) is 0. The zero-order valence-electron chi connectivity index (χ0n) is 20.1. The lowest BCUT2D eigenvalue weighted by Gasteiger charge is -2.17. The van der Waals surface area contributed by atoms with Crippen molar-refractivity contribution in [2.24, 2.45) is 4.99 Å². The molecule has 0 aliphatic carbocycles. The molecule has 0 fully saturated rings. The number of halogens is 2. The Morgan fingerprint density at radius 2 is 1.30 bits per heavy atom. The SMILES string of the molecule is F[N+]1(F)n2c(-c3cccs3)c3cc(-c4cccs4)sc3c2N=C2c3sc(-c4cccs4)cc3C(c3cccs3)=[N+]21. The summed E-state index contributed by atoms with van der Waals surface area (Å²) in [5, 5.41) is 6.25. The van der Waals surface area contributed by atoms with Gasteiger partial charge in [-0.15, -0.1) is 68.0 Å². The van der Waals surface area contributed by atoms with Gasteiger partial charge in [0, 0.05) is 24.9 Å². The van der Waals surface area contributed by atoms with Crippen LogP contribution in [0.15, 0.2) is 87.2 Å². The Labute approximate surface area is 249 Å². The van der Waals surface area contributed by atoms with Crippen LogP contribution in [0.25, 0.3) is 40.2 Å². The molecule has 0 spiro atoms. The Bertz CT molecular complexity index is 2120. The predicted molar refractivity (Wildman–Crippen MR) is 168 cm³/mol. The zero-order chi connectivity index (χ0) is 26.6. The smallest absolute Gasteiger partial charge is 0.143 e. The van der Waals surface area contributed by atoms with Crippen molar-refractivity contribution in [2.45, 2.75) is 0 Å². The van der Waals surface area contributed by atoms with Gasteiger partial charge in [-0.25, -0.2) is 0 Å². The molecule has 7 aromatic heterocycles. The lowest BCUT2D eigenvalue weighted by Crippen LogP contribution is -2.56. The van der Waals surface area contributed by atoms with E-state index in [-0.39, 0.29) is 0 Å². The first-order valence-corrected chi connectivity index (χ1v) is 17.3. The minimum absolute atomic E-state index is 0.298.